The monoisotopic (exact) mass is 523 g/mol. The molecule has 11 heteroatoms. The van der Waals surface area contributed by atoms with Crippen molar-refractivity contribution >= 4 is 43.7 Å². The lowest BCUT2D eigenvalue weighted by Crippen LogP contribution is -2.52. The van der Waals surface area contributed by atoms with E-state index in [1.165, 1.54) is 3.97 Å². The Kier molecular flexibility index (Phi) is 5.97. The van der Waals surface area contributed by atoms with Crippen molar-refractivity contribution in [2.45, 2.75) is 31.3 Å². The van der Waals surface area contributed by atoms with Crippen LogP contribution >= 0.6 is 15.9 Å². The molecule has 0 atom stereocenters. The maximum absolute atomic E-state index is 13.3. The summed E-state index contributed by atoms with van der Waals surface area (Å²) in [5.41, 5.74) is 0.162. The summed E-state index contributed by atoms with van der Waals surface area (Å²) >= 11 is 3.42. The molecule has 32 heavy (non-hydrogen) atoms. The summed E-state index contributed by atoms with van der Waals surface area (Å²) in [6.07, 6.45) is -0.326. The summed E-state index contributed by atoms with van der Waals surface area (Å²) in [6, 6.07) is 10.1. The number of carbonyl (C=O) groups excluding carboxylic acids is 1. The van der Waals surface area contributed by atoms with Crippen molar-refractivity contribution in [2.24, 2.45) is 4.99 Å². The third kappa shape index (κ3) is 4.36. The van der Waals surface area contributed by atoms with E-state index in [1.54, 1.807) is 41.3 Å². The van der Waals surface area contributed by atoms with E-state index in [1.807, 2.05) is 20.8 Å². The van der Waals surface area contributed by atoms with E-state index in [-0.39, 0.29) is 17.7 Å². The van der Waals surface area contributed by atoms with Gasteiger partial charge in [0.1, 0.15) is 28.5 Å². The fraction of sp³-hybridized carbons (Fsp3) is 0.429. The maximum atomic E-state index is 13.3. The van der Waals surface area contributed by atoms with Crippen LogP contribution in [-0.2, 0) is 14.8 Å². The third-order valence-corrected chi connectivity index (χ3v) is 7.69. The number of rotatable bonds is 2. The smallest absolute Gasteiger partial charge is 0.410 e. The zero-order chi connectivity index (χ0) is 23.1. The largest absolute Gasteiger partial charge is 0.444 e. The average Bonchev–Trinajstić information content (AvgIpc) is 3.10. The molecule has 1 aromatic heterocycles. The fourth-order valence-electron chi connectivity index (χ4n) is 3.70. The third-order valence-electron chi connectivity index (χ3n) is 5.14. The maximum Gasteiger partial charge on any atom is 0.410 e. The lowest BCUT2D eigenvalue weighted by molar-refractivity contribution is 0.0187. The molecule has 2 aliphatic rings. The summed E-state index contributed by atoms with van der Waals surface area (Å²) < 4.78 is 33.7. The van der Waals surface area contributed by atoms with Crippen LogP contribution in [0, 0.1) is 0 Å². The van der Waals surface area contributed by atoms with Gasteiger partial charge in [-0.2, -0.15) is 0 Å². The van der Waals surface area contributed by atoms with Crippen molar-refractivity contribution in [3.63, 3.8) is 0 Å². The molecular formula is C21H26BrN5O4S. The van der Waals surface area contributed by atoms with Gasteiger partial charge in [-0.1, -0.05) is 18.2 Å². The number of amidine groups is 1. The van der Waals surface area contributed by atoms with E-state index in [2.05, 4.69) is 31.1 Å². The number of hydrogen-bond acceptors (Lipinski definition) is 7. The first kappa shape index (κ1) is 22.7. The zero-order valence-electron chi connectivity index (χ0n) is 18.2. The molecule has 0 radical (unpaired) electrons. The van der Waals surface area contributed by atoms with E-state index in [4.69, 9.17) is 4.74 Å². The minimum Gasteiger partial charge on any atom is -0.444 e. The van der Waals surface area contributed by atoms with Gasteiger partial charge in [0.05, 0.1) is 10.5 Å². The summed E-state index contributed by atoms with van der Waals surface area (Å²) in [5.74, 6) is 1.19. The number of aromatic nitrogens is 1. The average molecular weight is 524 g/mol. The first-order valence-electron chi connectivity index (χ1n) is 10.3. The summed E-state index contributed by atoms with van der Waals surface area (Å²) in [7, 11) is -3.79. The Bertz CT molecular complexity index is 1150. The van der Waals surface area contributed by atoms with Crippen LogP contribution in [0.15, 0.2) is 50.9 Å². The summed E-state index contributed by atoms with van der Waals surface area (Å²) in [6.45, 7) is 7.95. The van der Waals surface area contributed by atoms with E-state index >= 15 is 0 Å². The number of nitrogens with zero attached hydrogens (tertiary/aromatic N) is 4. The van der Waals surface area contributed by atoms with Gasteiger partial charge < -0.3 is 19.9 Å². The van der Waals surface area contributed by atoms with Gasteiger partial charge >= 0.3 is 6.09 Å². The summed E-state index contributed by atoms with van der Waals surface area (Å²) in [5, 5.41) is 3.10. The number of carbonyl (C=O) groups is 1. The van der Waals surface area contributed by atoms with Crippen LogP contribution < -0.4 is 5.32 Å². The van der Waals surface area contributed by atoms with Crippen LogP contribution in [0.2, 0.25) is 0 Å². The molecule has 1 amide bonds. The van der Waals surface area contributed by atoms with Gasteiger partial charge in [-0.3, -0.25) is 0 Å². The van der Waals surface area contributed by atoms with Gasteiger partial charge in [-0.05, 0) is 54.9 Å². The van der Waals surface area contributed by atoms with Crippen molar-refractivity contribution in [3.05, 3.63) is 46.6 Å². The molecule has 4 rings (SSSR count). The minimum atomic E-state index is -3.79. The molecule has 0 saturated carbocycles. The molecule has 1 N–H and O–H groups in total. The van der Waals surface area contributed by atoms with Gasteiger partial charge in [0.2, 0.25) is 0 Å². The van der Waals surface area contributed by atoms with Crippen molar-refractivity contribution in [2.75, 3.05) is 38.2 Å². The number of benzene rings is 1. The molecule has 0 aliphatic carbocycles. The van der Waals surface area contributed by atoms with Gasteiger partial charge in [-0.25, -0.2) is 22.2 Å². The SMILES string of the molecule is CC(C)(C)OC(=O)N1CCN(C2=NCNc3c2cc(Br)n3S(=O)(=O)c2ccccc2)CC1. The Morgan fingerprint density at radius 3 is 2.41 bits per heavy atom. The minimum absolute atomic E-state index is 0.205. The van der Waals surface area contributed by atoms with Crippen LogP contribution in [0.3, 0.4) is 0 Å². The Morgan fingerprint density at radius 2 is 1.78 bits per heavy atom. The predicted molar refractivity (Wildman–Crippen MR) is 126 cm³/mol. The van der Waals surface area contributed by atoms with E-state index in [9.17, 15) is 13.2 Å². The number of fused-ring (bicyclic) bond motifs is 1. The highest BCUT2D eigenvalue weighted by atomic mass is 79.9. The molecule has 9 nitrogen and oxygen atoms in total. The van der Waals surface area contributed by atoms with Crippen LogP contribution in [0.5, 0.6) is 0 Å². The van der Waals surface area contributed by atoms with Gasteiger partial charge in [0.25, 0.3) is 10.0 Å². The van der Waals surface area contributed by atoms with Gasteiger partial charge in [-0.15, -0.1) is 0 Å². The number of halogens is 1. The number of hydrogen-bond donors (Lipinski definition) is 1. The van der Waals surface area contributed by atoms with Crippen LogP contribution in [-0.4, -0.2) is 72.6 Å². The second kappa shape index (κ2) is 8.43. The van der Waals surface area contributed by atoms with Crippen molar-refractivity contribution in [1.82, 2.24) is 13.8 Å². The van der Waals surface area contributed by atoms with Gasteiger partial charge in [0.15, 0.2) is 0 Å². The van der Waals surface area contributed by atoms with E-state index < -0.39 is 15.6 Å². The fourth-order valence-corrected chi connectivity index (χ4v) is 6.08. The zero-order valence-corrected chi connectivity index (χ0v) is 20.6. The molecule has 0 spiro atoms. The Hall–Kier alpha value is -2.53. The Balaban J connectivity index is 1.56. The molecule has 2 aromatic rings. The number of nitrogens with one attached hydrogen (secondary N) is 1. The highest BCUT2D eigenvalue weighted by Crippen LogP contribution is 2.33. The quantitative estimate of drug-likeness (QED) is 0.649. The molecule has 1 fully saturated rings. The number of amides is 1. The summed E-state index contributed by atoms with van der Waals surface area (Å²) in [4.78, 5) is 20.9. The molecule has 0 unspecified atom stereocenters. The molecule has 3 heterocycles. The van der Waals surface area contributed by atoms with Gasteiger partial charge in [0, 0.05) is 26.2 Å². The first-order chi connectivity index (χ1) is 15.1. The van der Waals surface area contributed by atoms with E-state index in [0.29, 0.717) is 48.0 Å². The lowest BCUT2D eigenvalue weighted by Gasteiger charge is -2.37. The van der Waals surface area contributed by atoms with Crippen LogP contribution in [0.1, 0.15) is 26.3 Å². The van der Waals surface area contributed by atoms with Crippen molar-refractivity contribution < 1.29 is 17.9 Å². The second-order valence-corrected chi connectivity index (χ2v) is 11.2. The Labute approximate surface area is 196 Å². The number of piperazine rings is 1. The Morgan fingerprint density at radius 1 is 1.12 bits per heavy atom. The highest BCUT2D eigenvalue weighted by Gasteiger charge is 2.33. The highest BCUT2D eigenvalue weighted by molar-refractivity contribution is 9.10. The van der Waals surface area contributed by atoms with Crippen molar-refractivity contribution in [1.29, 1.82) is 0 Å². The number of anilines is 1. The molecule has 1 aromatic carbocycles. The molecule has 172 valence electrons. The topological polar surface area (TPSA) is 96.2 Å². The van der Waals surface area contributed by atoms with Crippen LogP contribution in [0.25, 0.3) is 0 Å². The van der Waals surface area contributed by atoms with Crippen molar-refractivity contribution in [3.8, 4) is 0 Å². The molecular weight excluding hydrogens is 498 g/mol. The molecule has 2 aliphatic heterocycles. The lowest BCUT2D eigenvalue weighted by atomic mass is 10.2. The van der Waals surface area contributed by atoms with Crippen LogP contribution in [0.4, 0.5) is 10.6 Å². The van der Waals surface area contributed by atoms with E-state index in [0.717, 1.165) is 0 Å². The second-order valence-electron chi connectivity index (χ2n) is 8.58. The first-order valence-corrected chi connectivity index (χ1v) is 12.5. The number of ether oxygens (including phenoxy) is 1. The normalized spacial score (nSPS) is 16.8. The number of aliphatic imine (C=N–C) groups is 1. The molecule has 0 bridgehead atoms. The molecule has 1 saturated heterocycles. The predicted octanol–water partition coefficient (Wildman–Crippen LogP) is 3.17. The standard InChI is InChI=1S/C21H26BrN5O4S/c1-21(2,3)31-20(28)26-11-9-25(10-12-26)18-16-13-17(22)27(19(16)24-14-23-18)32(29,30)15-7-5-4-6-8-15/h4-8,13,24H,9-12,14H2,1-3H3.